The number of aromatic nitrogens is 1. The molecule has 5 nitrogen and oxygen atoms in total. The molecule has 0 aliphatic rings. The molecular weight excluding hydrogens is 364 g/mol. The number of ketones is 1. The number of hydrogen-bond acceptors (Lipinski definition) is 4. The standard InChI is InChI=1S/C24H28N2O3/c1-24(2,3)26-15-18(27)16-29-23-10-5-4-8-20(23)22(28)12-11-17-7-6-9-21-19(17)13-14-25-21/h4-14,18,25-27H,15-16H2,1-3H3/b12-11+. The Bertz CT molecular complexity index is 999. The molecular formula is C24H28N2O3. The third-order valence-corrected chi connectivity index (χ3v) is 4.49. The fourth-order valence-corrected chi connectivity index (χ4v) is 2.98. The van der Waals surface area contributed by atoms with E-state index in [-0.39, 0.29) is 17.9 Å². The van der Waals surface area contributed by atoms with Gasteiger partial charge in [-0.2, -0.15) is 0 Å². The van der Waals surface area contributed by atoms with Crippen LogP contribution in [-0.2, 0) is 0 Å². The minimum absolute atomic E-state index is 0.0814. The first-order chi connectivity index (χ1) is 13.8. The fraction of sp³-hybridized carbons (Fsp3) is 0.292. The molecule has 0 spiro atoms. The van der Waals surface area contributed by atoms with Crippen molar-refractivity contribution in [3.05, 3.63) is 71.9 Å². The van der Waals surface area contributed by atoms with E-state index in [2.05, 4.69) is 10.3 Å². The molecule has 29 heavy (non-hydrogen) atoms. The highest BCUT2D eigenvalue weighted by Gasteiger charge is 2.15. The Morgan fingerprint density at radius 2 is 1.97 bits per heavy atom. The molecule has 3 aromatic rings. The lowest BCUT2D eigenvalue weighted by atomic mass is 10.1. The Hall–Kier alpha value is -2.89. The molecule has 1 aromatic heterocycles. The minimum atomic E-state index is -0.667. The van der Waals surface area contributed by atoms with E-state index in [0.29, 0.717) is 17.9 Å². The highest BCUT2D eigenvalue weighted by molar-refractivity contribution is 6.09. The van der Waals surface area contributed by atoms with Crippen LogP contribution in [-0.4, -0.2) is 40.7 Å². The van der Waals surface area contributed by atoms with E-state index in [0.717, 1.165) is 16.5 Å². The number of aliphatic hydroxyl groups excluding tert-OH is 1. The van der Waals surface area contributed by atoms with Gasteiger partial charge in [-0.05, 0) is 56.7 Å². The van der Waals surface area contributed by atoms with Gasteiger partial charge in [-0.25, -0.2) is 0 Å². The summed E-state index contributed by atoms with van der Waals surface area (Å²) in [6, 6.07) is 15.0. The lowest BCUT2D eigenvalue weighted by Gasteiger charge is -2.23. The molecule has 152 valence electrons. The molecule has 0 fully saturated rings. The fourth-order valence-electron chi connectivity index (χ4n) is 2.98. The average Bonchev–Trinajstić information content (AvgIpc) is 3.18. The first kappa shape index (κ1) is 20.8. The number of aliphatic hydroxyl groups is 1. The van der Waals surface area contributed by atoms with Crippen LogP contribution in [0, 0.1) is 0 Å². The minimum Gasteiger partial charge on any atom is -0.490 e. The van der Waals surface area contributed by atoms with Crippen molar-refractivity contribution in [2.75, 3.05) is 13.2 Å². The highest BCUT2D eigenvalue weighted by Crippen LogP contribution is 2.22. The van der Waals surface area contributed by atoms with Gasteiger partial charge in [0, 0.05) is 29.2 Å². The Morgan fingerprint density at radius 3 is 2.76 bits per heavy atom. The van der Waals surface area contributed by atoms with Crippen LogP contribution < -0.4 is 10.1 Å². The largest absolute Gasteiger partial charge is 0.490 e. The van der Waals surface area contributed by atoms with Crippen LogP contribution in [0.3, 0.4) is 0 Å². The van der Waals surface area contributed by atoms with Crippen LogP contribution in [0.25, 0.3) is 17.0 Å². The number of carbonyl (C=O) groups is 1. The zero-order valence-electron chi connectivity index (χ0n) is 17.1. The van der Waals surface area contributed by atoms with Gasteiger partial charge < -0.3 is 20.1 Å². The van der Waals surface area contributed by atoms with Gasteiger partial charge in [-0.3, -0.25) is 4.79 Å². The van der Waals surface area contributed by atoms with Gasteiger partial charge in [0.2, 0.25) is 0 Å². The van der Waals surface area contributed by atoms with Gasteiger partial charge in [-0.1, -0.05) is 30.3 Å². The summed E-state index contributed by atoms with van der Waals surface area (Å²) in [6.07, 6.45) is 4.59. The molecule has 0 bridgehead atoms. The zero-order chi connectivity index (χ0) is 20.9. The summed E-state index contributed by atoms with van der Waals surface area (Å²) in [7, 11) is 0. The smallest absolute Gasteiger partial charge is 0.189 e. The predicted octanol–water partition coefficient (Wildman–Crippen LogP) is 4.19. The van der Waals surface area contributed by atoms with E-state index in [1.165, 1.54) is 0 Å². The second kappa shape index (κ2) is 9.07. The molecule has 0 aliphatic carbocycles. The maximum Gasteiger partial charge on any atom is 0.189 e. The van der Waals surface area contributed by atoms with Crippen molar-refractivity contribution in [3.63, 3.8) is 0 Å². The summed E-state index contributed by atoms with van der Waals surface area (Å²) in [5.74, 6) is 0.326. The highest BCUT2D eigenvalue weighted by atomic mass is 16.5. The number of allylic oxidation sites excluding steroid dienone is 1. The first-order valence-electron chi connectivity index (χ1n) is 9.77. The van der Waals surface area contributed by atoms with Crippen molar-refractivity contribution in [2.45, 2.75) is 32.4 Å². The third-order valence-electron chi connectivity index (χ3n) is 4.49. The molecule has 1 atom stereocenters. The average molecular weight is 392 g/mol. The summed E-state index contributed by atoms with van der Waals surface area (Å²) in [6.45, 7) is 6.64. The van der Waals surface area contributed by atoms with Crippen LogP contribution in [0.2, 0.25) is 0 Å². The molecule has 5 heteroatoms. The van der Waals surface area contributed by atoms with Crippen molar-refractivity contribution >= 4 is 22.8 Å². The SMILES string of the molecule is CC(C)(C)NCC(O)COc1ccccc1C(=O)/C=C/c1cccc2[nH]ccc12. The van der Waals surface area contributed by atoms with Crippen molar-refractivity contribution in [2.24, 2.45) is 0 Å². The molecule has 1 unspecified atom stereocenters. The van der Waals surface area contributed by atoms with Gasteiger partial charge in [0.15, 0.2) is 5.78 Å². The summed E-state index contributed by atoms with van der Waals surface area (Å²) >= 11 is 0. The summed E-state index contributed by atoms with van der Waals surface area (Å²) in [4.78, 5) is 15.9. The molecule has 0 amide bonds. The predicted molar refractivity (Wildman–Crippen MR) is 117 cm³/mol. The number of fused-ring (bicyclic) bond motifs is 1. The van der Waals surface area contributed by atoms with E-state index in [1.54, 1.807) is 24.3 Å². The molecule has 0 aliphatic heterocycles. The lowest BCUT2D eigenvalue weighted by molar-refractivity contribution is 0.0963. The number of carbonyl (C=O) groups excluding carboxylic acids is 1. The number of ether oxygens (including phenoxy) is 1. The first-order valence-corrected chi connectivity index (χ1v) is 9.77. The van der Waals surface area contributed by atoms with E-state index in [4.69, 9.17) is 4.74 Å². The number of aromatic amines is 1. The van der Waals surface area contributed by atoms with Gasteiger partial charge in [-0.15, -0.1) is 0 Å². The quantitative estimate of drug-likeness (QED) is 0.397. The van der Waals surface area contributed by atoms with Crippen molar-refractivity contribution < 1.29 is 14.6 Å². The number of nitrogens with one attached hydrogen (secondary N) is 2. The molecule has 3 rings (SSSR count). The molecule has 0 radical (unpaired) electrons. The third kappa shape index (κ3) is 5.79. The topological polar surface area (TPSA) is 74.3 Å². The Morgan fingerprint density at radius 1 is 1.17 bits per heavy atom. The summed E-state index contributed by atoms with van der Waals surface area (Å²) in [5.41, 5.74) is 2.39. The maximum absolute atomic E-state index is 12.8. The number of rotatable bonds is 8. The second-order valence-electron chi connectivity index (χ2n) is 8.08. The Labute approximate surface area is 171 Å². The van der Waals surface area contributed by atoms with E-state index in [9.17, 15) is 9.90 Å². The van der Waals surface area contributed by atoms with E-state index in [1.807, 2.05) is 63.4 Å². The number of H-pyrrole nitrogens is 1. The van der Waals surface area contributed by atoms with Crippen LogP contribution >= 0.6 is 0 Å². The maximum atomic E-state index is 12.8. The number of β-amino-alcohol motifs (C(OH)–C–C–N with tert-alkyl or cyclic N) is 1. The van der Waals surface area contributed by atoms with Crippen molar-refractivity contribution in [1.29, 1.82) is 0 Å². The molecule has 3 N–H and O–H groups in total. The monoisotopic (exact) mass is 392 g/mol. The summed E-state index contributed by atoms with van der Waals surface area (Å²) < 4.78 is 5.75. The Kier molecular flexibility index (Phi) is 6.52. The van der Waals surface area contributed by atoms with Crippen LogP contribution in [0.1, 0.15) is 36.7 Å². The van der Waals surface area contributed by atoms with E-state index >= 15 is 0 Å². The molecule has 0 saturated carbocycles. The Balaban J connectivity index is 1.68. The van der Waals surface area contributed by atoms with Gasteiger partial charge in [0.05, 0.1) is 5.56 Å². The second-order valence-corrected chi connectivity index (χ2v) is 8.08. The number of benzene rings is 2. The molecule has 1 heterocycles. The normalized spacial score (nSPS) is 13.1. The van der Waals surface area contributed by atoms with Gasteiger partial charge in [0.25, 0.3) is 0 Å². The summed E-state index contributed by atoms with van der Waals surface area (Å²) in [5, 5.41) is 14.4. The van der Waals surface area contributed by atoms with Crippen LogP contribution in [0.5, 0.6) is 5.75 Å². The zero-order valence-corrected chi connectivity index (χ0v) is 17.1. The van der Waals surface area contributed by atoms with Crippen LogP contribution in [0.4, 0.5) is 0 Å². The van der Waals surface area contributed by atoms with E-state index < -0.39 is 6.10 Å². The lowest BCUT2D eigenvalue weighted by Crippen LogP contribution is -2.42. The van der Waals surface area contributed by atoms with Gasteiger partial charge >= 0.3 is 0 Å². The molecule has 0 saturated heterocycles. The number of para-hydroxylation sites is 1. The van der Waals surface area contributed by atoms with Gasteiger partial charge in [0.1, 0.15) is 18.5 Å². The molecule has 2 aromatic carbocycles. The van der Waals surface area contributed by atoms with Crippen LogP contribution in [0.15, 0.2) is 60.8 Å². The van der Waals surface area contributed by atoms with Crippen molar-refractivity contribution in [3.8, 4) is 5.75 Å². The van der Waals surface area contributed by atoms with Crippen molar-refractivity contribution in [1.82, 2.24) is 10.3 Å². The number of hydrogen-bond donors (Lipinski definition) is 3.